The summed E-state index contributed by atoms with van der Waals surface area (Å²) >= 11 is 5.99. The van der Waals surface area contributed by atoms with Crippen molar-refractivity contribution in [1.29, 1.82) is 0 Å². The van der Waals surface area contributed by atoms with Crippen LogP contribution in [0, 0.1) is 10.1 Å². The Labute approximate surface area is 115 Å². The second kappa shape index (κ2) is 5.61. The fraction of sp³-hybridized carbons (Fsp3) is 0.583. The minimum Gasteiger partial charge on any atom is -0.351 e. The van der Waals surface area contributed by atoms with Crippen LogP contribution in [0.15, 0.2) is 12.3 Å². The average molecular weight is 286 g/mol. The number of nitro groups is 1. The smallest absolute Gasteiger partial charge is 0.287 e. The number of nitrogens with zero attached hydrogens (tertiary/aromatic N) is 1. The van der Waals surface area contributed by atoms with Crippen molar-refractivity contribution in [2.45, 2.75) is 37.6 Å². The highest BCUT2D eigenvalue weighted by atomic mass is 35.5. The molecule has 2 rings (SSSR count). The number of hydrogen-bond acceptors (Lipinski definition) is 3. The molecule has 1 saturated carbocycles. The molecule has 104 valence electrons. The van der Waals surface area contributed by atoms with E-state index in [-0.39, 0.29) is 22.8 Å². The minimum atomic E-state index is -0.537. The second-order valence-corrected chi connectivity index (χ2v) is 5.22. The SMILES string of the molecule is O=C(NC1(CCl)CCCCC1)c1cc([N+](=O)[O-])c[nH]1. The molecule has 1 heterocycles. The van der Waals surface area contributed by atoms with E-state index in [4.69, 9.17) is 11.6 Å². The van der Waals surface area contributed by atoms with Gasteiger partial charge in [-0.2, -0.15) is 0 Å². The molecule has 2 N–H and O–H groups in total. The molecule has 0 atom stereocenters. The van der Waals surface area contributed by atoms with Crippen LogP contribution in [-0.4, -0.2) is 27.2 Å². The molecule has 1 aromatic rings. The van der Waals surface area contributed by atoms with Crippen molar-refractivity contribution in [3.63, 3.8) is 0 Å². The zero-order valence-electron chi connectivity index (χ0n) is 10.4. The Bertz CT molecular complexity index is 480. The van der Waals surface area contributed by atoms with Gasteiger partial charge >= 0.3 is 0 Å². The van der Waals surface area contributed by atoms with Gasteiger partial charge in [0.05, 0.1) is 16.7 Å². The van der Waals surface area contributed by atoms with Crippen molar-refractivity contribution < 1.29 is 9.72 Å². The monoisotopic (exact) mass is 285 g/mol. The van der Waals surface area contributed by atoms with E-state index < -0.39 is 4.92 Å². The lowest BCUT2D eigenvalue weighted by Gasteiger charge is -2.36. The van der Waals surface area contributed by atoms with Crippen LogP contribution < -0.4 is 5.32 Å². The number of halogens is 1. The van der Waals surface area contributed by atoms with Gasteiger partial charge in [0.25, 0.3) is 11.6 Å². The van der Waals surface area contributed by atoms with E-state index in [2.05, 4.69) is 10.3 Å². The molecule has 6 nitrogen and oxygen atoms in total. The number of carbonyl (C=O) groups excluding carboxylic acids is 1. The molecular weight excluding hydrogens is 270 g/mol. The molecule has 0 bridgehead atoms. The predicted molar refractivity (Wildman–Crippen MR) is 71.4 cm³/mol. The maximum absolute atomic E-state index is 12.1. The van der Waals surface area contributed by atoms with Crippen LogP contribution >= 0.6 is 11.6 Å². The van der Waals surface area contributed by atoms with Crippen molar-refractivity contribution in [2.75, 3.05) is 5.88 Å². The van der Waals surface area contributed by atoms with Crippen LogP contribution in [0.1, 0.15) is 42.6 Å². The molecule has 1 aliphatic carbocycles. The highest BCUT2D eigenvalue weighted by Crippen LogP contribution is 2.29. The largest absolute Gasteiger partial charge is 0.351 e. The predicted octanol–water partition coefficient (Wildman–Crippen LogP) is 2.59. The Morgan fingerprint density at radius 1 is 1.47 bits per heavy atom. The summed E-state index contributed by atoms with van der Waals surface area (Å²) in [7, 11) is 0. The highest BCUT2D eigenvalue weighted by molar-refractivity contribution is 6.19. The summed E-state index contributed by atoms with van der Waals surface area (Å²) < 4.78 is 0. The maximum Gasteiger partial charge on any atom is 0.287 e. The molecule has 0 aromatic carbocycles. The van der Waals surface area contributed by atoms with Gasteiger partial charge in [-0.15, -0.1) is 11.6 Å². The van der Waals surface area contributed by atoms with Crippen molar-refractivity contribution in [3.05, 3.63) is 28.1 Å². The van der Waals surface area contributed by atoms with Crippen LogP contribution in [0.3, 0.4) is 0 Å². The van der Waals surface area contributed by atoms with Gasteiger partial charge in [-0.3, -0.25) is 14.9 Å². The number of carbonyl (C=O) groups is 1. The lowest BCUT2D eigenvalue weighted by Crippen LogP contribution is -2.51. The molecule has 0 saturated heterocycles. The third-order valence-electron chi connectivity index (χ3n) is 3.57. The molecular formula is C12H16ClN3O3. The first-order valence-corrected chi connectivity index (χ1v) is 6.81. The number of alkyl halides is 1. The fourth-order valence-electron chi connectivity index (χ4n) is 2.45. The fourth-order valence-corrected chi connectivity index (χ4v) is 2.78. The highest BCUT2D eigenvalue weighted by Gasteiger charge is 2.33. The number of amides is 1. The molecule has 0 unspecified atom stereocenters. The molecule has 7 heteroatoms. The van der Waals surface area contributed by atoms with E-state index in [9.17, 15) is 14.9 Å². The van der Waals surface area contributed by atoms with Crippen molar-refractivity contribution in [1.82, 2.24) is 10.3 Å². The first-order chi connectivity index (χ1) is 9.06. The van der Waals surface area contributed by atoms with E-state index in [1.165, 1.54) is 12.3 Å². The van der Waals surface area contributed by atoms with Crippen molar-refractivity contribution in [2.24, 2.45) is 0 Å². The lowest BCUT2D eigenvalue weighted by atomic mass is 9.83. The maximum atomic E-state index is 12.1. The normalized spacial score (nSPS) is 17.9. The lowest BCUT2D eigenvalue weighted by molar-refractivity contribution is -0.384. The van der Waals surface area contributed by atoms with Gasteiger partial charge in [0.1, 0.15) is 5.69 Å². The first-order valence-electron chi connectivity index (χ1n) is 6.28. The standard InChI is InChI=1S/C12H16ClN3O3/c13-8-12(4-2-1-3-5-12)15-11(17)10-6-9(7-14-10)16(18)19/h6-7,14H,1-5,8H2,(H,15,17). The van der Waals surface area contributed by atoms with E-state index in [0.717, 1.165) is 32.1 Å². The Kier molecular flexibility index (Phi) is 4.09. The van der Waals surface area contributed by atoms with Crippen LogP contribution in [0.2, 0.25) is 0 Å². The van der Waals surface area contributed by atoms with E-state index in [1.807, 2.05) is 0 Å². The van der Waals surface area contributed by atoms with E-state index in [0.29, 0.717) is 5.88 Å². The zero-order chi connectivity index (χ0) is 13.9. The van der Waals surface area contributed by atoms with Gasteiger partial charge in [-0.05, 0) is 12.8 Å². The Balaban J connectivity index is 2.08. The van der Waals surface area contributed by atoms with Crippen LogP contribution in [0.5, 0.6) is 0 Å². The molecule has 0 spiro atoms. The van der Waals surface area contributed by atoms with Gasteiger partial charge in [-0.1, -0.05) is 19.3 Å². The number of aromatic nitrogens is 1. The summed E-state index contributed by atoms with van der Waals surface area (Å²) in [5.74, 6) is 0.0253. The quantitative estimate of drug-likeness (QED) is 0.506. The number of hydrogen-bond donors (Lipinski definition) is 2. The Morgan fingerprint density at radius 2 is 2.16 bits per heavy atom. The van der Waals surface area contributed by atoms with Crippen molar-refractivity contribution in [3.8, 4) is 0 Å². The van der Waals surface area contributed by atoms with Crippen LogP contribution in [0.4, 0.5) is 5.69 Å². The topological polar surface area (TPSA) is 88.0 Å². The summed E-state index contributed by atoms with van der Waals surface area (Å²) in [5.41, 5.74) is -0.299. The number of H-pyrrole nitrogens is 1. The summed E-state index contributed by atoms with van der Waals surface area (Å²) in [4.78, 5) is 24.8. The third-order valence-corrected chi connectivity index (χ3v) is 4.08. The molecule has 1 fully saturated rings. The van der Waals surface area contributed by atoms with Gasteiger partial charge in [0.15, 0.2) is 0 Å². The van der Waals surface area contributed by atoms with Gasteiger partial charge in [-0.25, -0.2) is 0 Å². The second-order valence-electron chi connectivity index (χ2n) is 4.96. The van der Waals surface area contributed by atoms with E-state index in [1.54, 1.807) is 0 Å². The molecule has 0 aliphatic heterocycles. The van der Waals surface area contributed by atoms with Gasteiger partial charge < -0.3 is 10.3 Å². The Morgan fingerprint density at radius 3 is 2.68 bits per heavy atom. The summed E-state index contributed by atoms with van der Waals surface area (Å²) in [6, 6.07) is 1.24. The summed E-state index contributed by atoms with van der Waals surface area (Å²) in [6.45, 7) is 0. The summed E-state index contributed by atoms with van der Waals surface area (Å²) in [5, 5.41) is 13.5. The minimum absolute atomic E-state index is 0.117. The average Bonchev–Trinajstić information content (AvgIpc) is 2.89. The van der Waals surface area contributed by atoms with Crippen LogP contribution in [-0.2, 0) is 0 Å². The van der Waals surface area contributed by atoms with E-state index >= 15 is 0 Å². The molecule has 1 aromatic heterocycles. The zero-order valence-corrected chi connectivity index (χ0v) is 11.2. The molecule has 1 amide bonds. The number of nitrogens with one attached hydrogen (secondary N) is 2. The third kappa shape index (κ3) is 3.07. The van der Waals surface area contributed by atoms with Crippen molar-refractivity contribution >= 4 is 23.2 Å². The van der Waals surface area contributed by atoms with Crippen LogP contribution in [0.25, 0.3) is 0 Å². The molecule has 0 radical (unpaired) electrons. The Hall–Kier alpha value is -1.56. The number of aromatic amines is 1. The first kappa shape index (κ1) is 13.9. The molecule has 19 heavy (non-hydrogen) atoms. The number of rotatable bonds is 4. The summed E-state index contributed by atoms with van der Waals surface area (Å²) in [6.07, 6.45) is 6.15. The van der Waals surface area contributed by atoms with Gasteiger partial charge in [0, 0.05) is 11.9 Å². The molecule has 1 aliphatic rings. The van der Waals surface area contributed by atoms with Gasteiger partial charge in [0.2, 0.25) is 0 Å².